The molecule has 3 N–H and O–H groups in total. The molecule has 2 rings (SSSR count). The van der Waals surface area contributed by atoms with Gasteiger partial charge in [-0.3, -0.25) is 14.2 Å². The van der Waals surface area contributed by atoms with Crippen LogP contribution in [0.1, 0.15) is 20.3 Å². The molecule has 0 spiro atoms. The molecule has 0 saturated heterocycles. The van der Waals surface area contributed by atoms with E-state index in [0.29, 0.717) is 15.7 Å². The topological polar surface area (TPSA) is 87.1 Å². The number of H-pyrrole nitrogens is 1. The van der Waals surface area contributed by atoms with Gasteiger partial charge >= 0.3 is 0 Å². The summed E-state index contributed by atoms with van der Waals surface area (Å²) < 4.78 is 1.70. The normalized spacial score (nSPS) is 13.7. The lowest BCUT2D eigenvalue weighted by Gasteiger charge is -2.19. The number of nitrogens with one attached hydrogen (secondary N) is 2. The van der Waals surface area contributed by atoms with Crippen LogP contribution in [0.5, 0.6) is 0 Å². The Morgan fingerprint density at radius 1 is 1.39 bits per heavy atom. The largest absolute Gasteiger partial charge is 0.396 e. The number of aliphatic hydroxyl groups is 1. The number of aromatic amines is 1. The minimum absolute atomic E-state index is 0.0108. The molecule has 124 valence electrons. The van der Waals surface area contributed by atoms with Gasteiger partial charge in [0.05, 0.1) is 10.9 Å². The van der Waals surface area contributed by atoms with Crippen LogP contribution >= 0.6 is 12.2 Å². The number of hydrogen-bond acceptors (Lipinski definition) is 4. The monoisotopic (exact) mass is 335 g/mol. The number of fused-ring (bicyclic) bond motifs is 1. The van der Waals surface area contributed by atoms with Crippen molar-refractivity contribution in [3.05, 3.63) is 39.4 Å². The lowest BCUT2D eigenvalue weighted by molar-refractivity contribution is -0.122. The van der Waals surface area contributed by atoms with E-state index < -0.39 is 0 Å². The first-order chi connectivity index (χ1) is 10.9. The molecule has 0 aliphatic rings. The van der Waals surface area contributed by atoms with E-state index in [-0.39, 0.29) is 43.0 Å². The number of rotatable bonds is 6. The van der Waals surface area contributed by atoms with Crippen LogP contribution in [0, 0.1) is 10.7 Å². The predicted molar refractivity (Wildman–Crippen MR) is 91.9 cm³/mol. The minimum Gasteiger partial charge on any atom is -0.396 e. The molecular weight excluding hydrogens is 314 g/mol. The maximum absolute atomic E-state index is 12.5. The Morgan fingerprint density at radius 2 is 2.09 bits per heavy atom. The van der Waals surface area contributed by atoms with Crippen LogP contribution in [0.25, 0.3) is 10.9 Å². The van der Waals surface area contributed by atoms with Crippen molar-refractivity contribution in [1.82, 2.24) is 14.9 Å². The van der Waals surface area contributed by atoms with Gasteiger partial charge in [-0.1, -0.05) is 19.1 Å². The van der Waals surface area contributed by atoms with E-state index >= 15 is 0 Å². The van der Waals surface area contributed by atoms with Gasteiger partial charge in [0.2, 0.25) is 5.91 Å². The van der Waals surface area contributed by atoms with E-state index in [1.54, 1.807) is 18.2 Å². The molecule has 0 aliphatic heterocycles. The molecule has 0 bridgehead atoms. The second kappa shape index (κ2) is 7.52. The summed E-state index contributed by atoms with van der Waals surface area (Å²) in [6.45, 7) is 3.92. The highest BCUT2D eigenvalue weighted by Gasteiger charge is 2.14. The van der Waals surface area contributed by atoms with Crippen LogP contribution in [-0.4, -0.2) is 33.2 Å². The van der Waals surface area contributed by atoms with Crippen LogP contribution in [0.4, 0.5) is 0 Å². The van der Waals surface area contributed by atoms with Gasteiger partial charge < -0.3 is 15.4 Å². The van der Waals surface area contributed by atoms with E-state index in [4.69, 9.17) is 17.3 Å². The van der Waals surface area contributed by atoms with Gasteiger partial charge in [-0.05, 0) is 37.2 Å². The zero-order chi connectivity index (χ0) is 17.0. The number of hydrogen-bond donors (Lipinski definition) is 3. The Bertz CT molecular complexity index is 812. The summed E-state index contributed by atoms with van der Waals surface area (Å²) in [6.07, 6.45) is 0.151. The molecule has 2 atom stereocenters. The number of nitrogens with zero attached hydrogens (tertiary/aromatic N) is 1. The van der Waals surface area contributed by atoms with Gasteiger partial charge in [0.15, 0.2) is 4.77 Å². The average molecular weight is 335 g/mol. The maximum atomic E-state index is 12.5. The molecule has 0 aliphatic carbocycles. The van der Waals surface area contributed by atoms with Crippen LogP contribution < -0.4 is 10.9 Å². The molecule has 23 heavy (non-hydrogen) atoms. The van der Waals surface area contributed by atoms with E-state index in [2.05, 4.69) is 10.3 Å². The Morgan fingerprint density at radius 3 is 2.78 bits per heavy atom. The summed E-state index contributed by atoms with van der Waals surface area (Å²) in [5, 5.41) is 12.4. The fourth-order valence-electron chi connectivity index (χ4n) is 2.24. The van der Waals surface area contributed by atoms with Crippen LogP contribution in [0.2, 0.25) is 0 Å². The second-order valence-corrected chi connectivity index (χ2v) is 6.09. The number of amides is 1. The summed E-state index contributed by atoms with van der Waals surface area (Å²) in [4.78, 5) is 27.4. The zero-order valence-corrected chi connectivity index (χ0v) is 14.0. The smallest absolute Gasteiger partial charge is 0.262 e. The summed E-state index contributed by atoms with van der Waals surface area (Å²) in [5.41, 5.74) is 0.488. The Balaban J connectivity index is 2.12. The zero-order valence-electron chi connectivity index (χ0n) is 13.2. The molecule has 0 saturated carbocycles. The van der Waals surface area contributed by atoms with Crippen molar-refractivity contribution in [1.29, 1.82) is 0 Å². The summed E-state index contributed by atoms with van der Waals surface area (Å²) >= 11 is 5.21. The van der Waals surface area contributed by atoms with Crippen molar-refractivity contribution in [2.45, 2.75) is 32.9 Å². The molecule has 1 aromatic heterocycles. The summed E-state index contributed by atoms with van der Waals surface area (Å²) in [6, 6.07) is 7.01. The third-order valence-electron chi connectivity index (χ3n) is 3.98. The minimum atomic E-state index is -0.200. The van der Waals surface area contributed by atoms with E-state index in [1.165, 1.54) is 4.57 Å². The first-order valence-electron chi connectivity index (χ1n) is 7.56. The number of aromatic nitrogens is 2. The van der Waals surface area contributed by atoms with Crippen molar-refractivity contribution in [2.24, 2.45) is 5.92 Å². The lowest BCUT2D eigenvalue weighted by atomic mass is 10.1. The number of carbonyl (C=O) groups excluding carboxylic acids is 1. The predicted octanol–water partition coefficient (Wildman–Crippen LogP) is 1.58. The van der Waals surface area contributed by atoms with Gasteiger partial charge in [-0.15, -0.1) is 0 Å². The highest BCUT2D eigenvalue weighted by molar-refractivity contribution is 7.71. The van der Waals surface area contributed by atoms with Crippen LogP contribution in [-0.2, 0) is 11.3 Å². The van der Waals surface area contributed by atoms with Gasteiger partial charge in [-0.25, -0.2) is 0 Å². The molecule has 6 nitrogen and oxygen atoms in total. The third-order valence-corrected chi connectivity index (χ3v) is 4.30. The molecule has 0 fully saturated rings. The molecular formula is C16H21N3O3S. The fraction of sp³-hybridized carbons (Fsp3) is 0.438. The molecule has 7 heteroatoms. The van der Waals surface area contributed by atoms with Crippen LogP contribution in [0.15, 0.2) is 29.1 Å². The maximum Gasteiger partial charge on any atom is 0.262 e. The van der Waals surface area contributed by atoms with Crippen LogP contribution in [0.3, 0.4) is 0 Å². The van der Waals surface area contributed by atoms with Gasteiger partial charge in [0.1, 0.15) is 0 Å². The van der Waals surface area contributed by atoms with Crippen molar-refractivity contribution in [2.75, 3.05) is 6.61 Å². The number of benzene rings is 1. The fourth-order valence-corrected chi connectivity index (χ4v) is 2.53. The third kappa shape index (κ3) is 4.05. The first kappa shape index (κ1) is 17.4. The lowest BCUT2D eigenvalue weighted by Crippen LogP contribution is -2.39. The highest BCUT2D eigenvalue weighted by Crippen LogP contribution is 2.06. The molecule has 0 unspecified atom stereocenters. The molecule has 2 aromatic rings. The average Bonchev–Trinajstić information content (AvgIpc) is 2.53. The van der Waals surface area contributed by atoms with Crippen molar-refractivity contribution in [3.8, 4) is 0 Å². The van der Waals surface area contributed by atoms with Crippen molar-refractivity contribution < 1.29 is 9.90 Å². The standard InChI is InChI=1S/C16H21N3O3S/c1-10(9-20)11(2)17-14(21)7-8-19-15(22)12-5-3-4-6-13(12)18-16(19)23/h3-6,10-11,20H,7-9H2,1-2H3,(H,17,21)(H,18,23)/t10-,11+/m0/s1. The Kier molecular flexibility index (Phi) is 5.68. The second-order valence-electron chi connectivity index (χ2n) is 5.70. The SMILES string of the molecule is C[C@@H](CO)[C@@H](C)NC(=O)CCn1c(=S)[nH]c2ccccc2c1=O. The quantitative estimate of drug-likeness (QED) is 0.700. The van der Waals surface area contributed by atoms with E-state index in [9.17, 15) is 9.59 Å². The summed E-state index contributed by atoms with van der Waals surface area (Å²) in [5.74, 6) is -0.197. The number of para-hydroxylation sites is 1. The Labute approximate surface area is 139 Å². The molecule has 1 aromatic carbocycles. The molecule has 1 amide bonds. The van der Waals surface area contributed by atoms with Gasteiger partial charge in [-0.2, -0.15) is 0 Å². The highest BCUT2D eigenvalue weighted by atomic mass is 32.1. The molecule has 0 radical (unpaired) electrons. The van der Waals surface area contributed by atoms with E-state index in [1.807, 2.05) is 19.9 Å². The van der Waals surface area contributed by atoms with Crippen molar-refractivity contribution in [3.63, 3.8) is 0 Å². The van der Waals surface area contributed by atoms with Gasteiger partial charge in [0.25, 0.3) is 5.56 Å². The van der Waals surface area contributed by atoms with Crippen molar-refractivity contribution >= 4 is 29.0 Å². The van der Waals surface area contributed by atoms with E-state index in [0.717, 1.165) is 0 Å². The van der Waals surface area contributed by atoms with Gasteiger partial charge in [0, 0.05) is 25.6 Å². The number of aliphatic hydroxyl groups excluding tert-OH is 1. The Hall–Kier alpha value is -1.99. The first-order valence-corrected chi connectivity index (χ1v) is 7.97. The summed E-state index contributed by atoms with van der Waals surface area (Å²) in [7, 11) is 0. The molecule has 1 heterocycles. The number of carbonyl (C=O) groups is 1.